The smallest absolute Gasteiger partial charge is 0.333 e. The summed E-state index contributed by atoms with van der Waals surface area (Å²) in [5, 5.41) is 3.64. The van der Waals surface area contributed by atoms with Crippen LogP contribution in [0.25, 0.3) is 0 Å². The second-order valence-electron chi connectivity index (χ2n) is 5.30. The maximum Gasteiger partial charge on any atom is 0.333 e. The van der Waals surface area contributed by atoms with Crippen LogP contribution in [0.3, 0.4) is 0 Å². The van der Waals surface area contributed by atoms with E-state index in [1.54, 1.807) is 13.8 Å². The van der Waals surface area contributed by atoms with E-state index in [1.807, 2.05) is 0 Å². The molecule has 1 fully saturated rings. The molecule has 1 saturated heterocycles. The molecule has 120 valence electrons. The van der Waals surface area contributed by atoms with Gasteiger partial charge in [0.2, 0.25) is 10.0 Å². The van der Waals surface area contributed by atoms with E-state index in [4.69, 9.17) is 4.74 Å². The third kappa shape index (κ3) is 2.95. The fraction of sp³-hybridized carbons (Fsp3) is 0.750. The second-order valence-corrected chi connectivity index (χ2v) is 7.18. The Kier molecular flexibility index (Phi) is 4.36. The van der Waals surface area contributed by atoms with E-state index in [1.165, 1.54) is 18.2 Å². The Morgan fingerprint density at radius 2 is 1.76 bits per heavy atom. The summed E-state index contributed by atoms with van der Waals surface area (Å²) in [5.41, 5.74) is 0.0360. The summed E-state index contributed by atoms with van der Waals surface area (Å²) in [6.45, 7) is 3.85. The third-order valence-electron chi connectivity index (χ3n) is 3.43. The number of hydrogen-bond acceptors (Lipinski definition) is 4. The molecular formula is C12H19F2N3O3S. The van der Waals surface area contributed by atoms with Gasteiger partial charge in [0.25, 0.3) is 0 Å². The topological polar surface area (TPSA) is 64.4 Å². The average Bonchev–Trinajstić information content (AvgIpc) is 2.64. The second kappa shape index (κ2) is 5.62. The summed E-state index contributed by atoms with van der Waals surface area (Å²) in [6, 6.07) is 0. The largest absolute Gasteiger partial charge is 0.373 e. The Hall–Kier alpha value is -1.06. The molecule has 0 amide bonds. The maximum atomic E-state index is 12.8. The van der Waals surface area contributed by atoms with Crippen LogP contribution < -0.4 is 0 Å². The van der Waals surface area contributed by atoms with Gasteiger partial charge in [-0.05, 0) is 27.7 Å². The summed E-state index contributed by atoms with van der Waals surface area (Å²) in [4.78, 5) is -0.135. The van der Waals surface area contributed by atoms with Crippen molar-refractivity contribution < 1.29 is 21.9 Å². The number of halogens is 2. The van der Waals surface area contributed by atoms with Gasteiger partial charge in [-0.3, -0.25) is 0 Å². The molecule has 0 radical (unpaired) electrons. The summed E-state index contributed by atoms with van der Waals surface area (Å²) in [5.74, 6) is 0. The molecule has 1 aromatic heterocycles. The van der Waals surface area contributed by atoms with E-state index < -0.39 is 16.6 Å². The van der Waals surface area contributed by atoms with Crippen LogP contribution in [-0.2, 0) is 14.8 Å². The highest BCUT2D eigenvalue weighted by molar-refractivity contribution is 7.89. The van der Waals surface area contributed by atoms with Crippen molar-refractivity contribution in [1.82, 2.24) is 14.1 Å². The Morgan fingerprint density at radius 3 is 2.19 bits per heavy atom. The highest BCUT2D eigenvalue weighted by atomic mass is 32.2. The summed E-state index contributed by atoms with van der Waals surface area (Å²) < 4.78 is 58.4. The van der Waals surface area contributed by atoms with Gasteiger partial charge in [0.1, 0.15) is 4.90 Å². The van der Waals surface area contributed by atoms with Crippen molar-refractivity contribution in [1.29, 1.82) is 0 Å². The lowest BCUT2D eigenvalue weighted by molar-refractivity contribution is -0.0441. The summed E-state index contributed by atoms with van der Waals surface area (Å²) in [7, 11) is -3.87. The Morgan fingerprint density at radius 1 is 1.24 bits per heavy atom. The van der Waals surface area contributed by atoms with E-state index >= 15 is 0 Å². The zero-order valence-corrected chi connectivity index (χ0v) is 13.2. The van der Waals surface area contributed by atoms with Gasteiger partial charge in [-0.2, -0.15) is 18.2 Å². The first-order chi connectivity index (χ1) is 9.64. The highest BCUT2D eigenvalue weighted by Gasteiger charge is 2.36. The van der Waals surface area contributed by atoms with Crippen LogP contribution in [0.1, 0.15) is 31.8 Å². The minimum atomic E-state index is -3.87. The zero-order valence-electron chi connectivity index (χ0n) is 12.4. The van der Waals surface area contributed by atoms with E-state index in [2.05, 4.69) is 5.10 Å². The zero-order chi connectivity index (χ0) is 15.9. The molecule has 21 heavy (non-hydrogen) atoms. The molecule has 1 aliphatic heterocycles. The molecule has 0 bridgehead atoms. The van der Waals surface area contributed by atoms with Gasteiger partial charge in [-0.25, -0.2) is 13.1 Å². The molecule has 2 atom stereocenters. The van der Waals surface area contributed by atoms with E-state index in [0.717, 1.165) is 0 Å². The lowest BCUT2D eigenvalue weighted by Gasteiger charge is -2.34. The lowest BCUT2D eigenvalue weighted by Crippen LogP contribution is -2.48. The number of ether oxygens (including phenoxy) is 1. The molecular weight excluding hydrogens is 304 g/mol. The molecule has 9 heteroatoms. The van der Waals surface area contributed by atoms with Crippen molar-refractivity contribution in [2.75, 3.05) is 13.1 Å². The number of hydrogen-bond donors (Lipinski definition) is 0. The molecule has 0 spiro atoms. The Balaban J connectivity index is 2.45. The molecule has 1 aromatic rings. The maximum absolute atomic E-state index is 12.8. The van der Waals surface area contributed by atoms with Gasteiger partial charge in [-0.1, -0.05) is 0 Å². The van der Waals surface area contributed by atoms with Crippen LogP contribution in [0.15, 0.2) is 4.90 Å². The molecule has 2 heterocycles. The first-order valence-corrected chi connectivity index (χ1v) is 8.08. The van der Waals surface area contributed by atoms with Crippen molar-refractivity contribution in [3.63, 3.8) is 0 Å². The predicted molar refractivity (Wildman–Crippen MR) is 71.7 cm³/mol. The van der Waals surface area contributed by atoms with Gasteiger partial charge in [0.15, 0.2) is 0 Å². The van der Waals surface area contributed by atoms with Gasteiger partial charge in [0, 0.05) is 13.1 Å². The third-order valence-corrected chi connectivity index (χ3v) is 5.51. The minimum Gasteiger partial charge on any atom is -0.373 e. The van der Waals surface area contributed by atoms with Crippen LogP contribution >= 0.6 is 0 Å². The van der Waals surface area contributed by atoms with Crippen LogP contribution in [0, 0.1) is 13.8 Å². The number of morpholine rings is 1. The SMILES string of the molecule is Cc1nn(C(F)F)c(C)c1S(=O)(=O)N1CC(C)OC(C)C1. The fourth-order valence-electron chi connectivity index (χ4n) is 2.67. The number of aromatic nitrogens is 2. The quantitative estimate of drug-likeness (QED) is 0.849. The number of nitrogens with zero attached hydrogens (tertiary/aromatic N) is 3. The van der Waals surface area contributed by atoms with Crippen LogP contribution in [-0.4, -0.2) is 47.8 Å². The first kappa shape index (κ1) is 16.3. The average molecular weight is 323 g/mol. The number of rotatable bonds is 3. The highest BCUT2D eigenvalue weighted by Crippen LogP contribution is 2.28. The van der Waals surface area contributed by atoms with Crippen LogP contribution in [0.5, 0.6) is 0 Å². The molecule has 0 N–H and O–H groups in total. The monoisotopic (exact) mass is 323 g/mol. The van der Waals surface area contributed by atoms with E-state index in [9.17, 15) is 17.2 Å². The van der Waals surface area contributed by atoms with E-state index in [-0.39, 0.29) is 41.6 Å². The first-order valence-electron chi connectivity index (χ1n) is 6.64. The number of sulfonamides is 1. The lowest BCUT2D eigenvalue weighted by atomic mass is 10.3. The minimum absolute atomic E-state index is 0.0469. The van der Waals surface area contributed by atoms with Gasteiger partial charge in [-0.15, -0.1) is 0 Å². The molecule has 2 rings (SSSR count). The molecule has 2 unspecified atom stereocenters. The molecule has 0 aliphatic carbocycles. The Bertz CT molecular complexity index is 620. The van der Waals surface area contributed by atoms with E-state index in [0.29, 0.717) is 4.68 Å². The standard InChI is InChI=1S/C12H19F2N3O3S/c1-7-5-16(6-8(2)20-7)21(18,19)11-9(3)15-17(10(11)4)12(13)14/h7-8,12H,5-6H2,1-4H3. The van der Waals surface area contributed by atoms with Crippen molar-refractivity contribution in [2.45, 2.75) is 51.3 Å². The van der Waals surface area contributed by atoms with Gasteiger partial charge >= 0.3 is 6.55 Å². The predicted octanol–water partition coefficient (Wildman–Crippen LogP) is 1.69. The molecule has 6 nitrogen and oxygen atoms in total. The van der Waals surface area contributed by atoms with Crippen molar-refractivity contribution in [2.24, 2.45) is 0 Å². The molecule has 0 aromatic carbocycles. The van der Waals surface area contributed by atoms with Crippen molar-refractivity contribution in [3.05, 3.63) is 11.4 Å². The number of alkyl halides is 2. The number of aryl methyl sites for hydroxylation is 1. The van der Waals surface area contributed by atoms with Crippen molar-refractivity contribution >= 4 is 10.0 Å². The normalized spacial score (nSPS) is 24.7. The summed E-state index contributed by atoms with van der Waals surface area (Å²) >= 11 is 0. The van der Waals surface area contributed by atoms with Crippen LogP contribution in [0.4, 0.5) is 8.78 Å². The molecule has 0 saturated carbocycles. The Labute approximate surface area is 122 Å². The van der Waals surface area contributed by atoms with Gasteiger partial charge in [0.05, 0.1) is 23.6 Å². The molecule has 1 aliphatic rings. The fourth-order valence-corrected chi connectivity index (χ4v) is 4.62. The van der Waals surface area contributed by atoms with Crippen LogP contribution in [0.2, 0.25) is 0 Å². The van der Waals surface area contributed by atoms with Crippen molar-refractivity contribution in [3.8, 4) is 0 Å². The van der Waals surface area contributed by atoms with Gasteiger partial charge < -0.3 is 4.74 Å². The summed E-state index contributed by atoms with van der Waals surface area (Å²) in [6.07, 6.45) is -0.483.